The molecule has 25 heavy (non-hydrogen) atoms. The molecule has 128 valence electrons. The molecular weight excluding hydrogens is 354 g/mol. The van der Waals surface area contributed by atoms with Gasteiger partial charge < -0.3 is 10.0 Å². The number of halogens is 1. The van der Waals surface area contributed by atoms with Gasteiger partial charge >= 0.3 is 0 Å². The van der Waals surface area contributed by atoms with Crippen LogP contribution >= 0.6 is 22.9 Å². The van der Waals surface area contributed by atoms with E-state index in [9.17, 15) is 9.90 Å². The molecule has 1 N–H and O–H groups in total. The van der Waals surface area contributed by atoms with Gasteiger partial charge in [0, 0.05) is 23.0 Å². The molecule has 1 aromatic heterocycles. The molecule has 3 aromatic rings. The van der Waals surface area contributed by atoms with E-state index in [-0.39, 0.29) is 11.7 Å². The molecule has 0 aliphatic rings. The maximum Gasteiger partial charge on any atom is 0.228 e. The number of carbonyl (C=O) groups is 1. The highest BCUT2D eigenvalue weighted by Crippen LogP contribution is 2.21. The fourth-order valence-electron chi connectivity index (χ4n) is 2.56. The number of phenolic OH excluding ortho intramolecular Hbond substituents is 1. The van der Waals surface area contributed by atoms with Gasteiger partial charge in [-0.2, -0.15) is 0 Å². The highest BCUT2D eigenvalue weighted by molar-refractivity contribution is 7.10. The largest absolute Gasteiger partial charge is 0.508 e. The highest BCUT2D eigenvalue weighted by atomic mass is 35.5. The van der Waals surface area contributed by atoms with Crippen LogP contribution in [0.4, 0.5) is 0 Å². The van der Waals surface area contributed by atoms with Crippen molar-refractivity contribution in [3.63, 3.8) is 0 Å². The molecule has 0 spiro atoms. The second-order valence-electron chi connectivity index (χ2n) is 5.76. The van der Waals surface area contributed by atoms with E-state index in [1.165, 1.54) is 0 Å². The summed E-state index contributed by atoms with van der Waals surface area (Å²) < 4.78 is 0. The van der Waals surface area contributed by atoms with E-state index in [0.717, 1.165) is 16.0 Å². The molecule has 0 atom stereocenters. The van der Waals surface area contributed by atoms with Gasteiger partial charge in [0.1, 0.15) is 5.75 Å². The van der Waals surface area contributed by atoms with Crippen molar-refractivity contribution in [1.82, 2.24) is 4.90 Å². The summed E-state index contributed by atoms with van der Waals surface area (Å²) in [5.41, 5.74) is 1.88. The molecule has 3 nitrogen and oxygen atoms in total. The molecular formula is C20H18ClNO2S. The van der Waals surface area contributed by atoms with Gasteiger partial charge in [0.05, 0.1) is 6.42 Å². The lowest BCUT2D eigenvalue weighted by Gasteiger charge is -2.23. The Bertz CT molecular complexity index is 831. The third-order valence-electron chi connectivity index (χ3n) is 3.89. The highest BCUT2D eigenvalue weighted by Gasteiger charge is 2.17. The van der Waals surface area contributed by atoms with E-state index in [4.69, 9.17) is 11.6 Å². The Kier molecular flexibility index (Phi) is 5.74. The molecule has 3 rings (SSSR count). The number of hydrogen-bond acceptors (Lipinski definition) is 3. The summed E-state index contributed by atoms with van der Waals surface area (Å²) in [6.45, 7) is 0.917. The zero-order valence-electron chi connectivity index (χ0n) is 13.6. The number of carbonyl (C=O) groups excluding carboxylic acids is 1. The Balaban J connectivity index is 1.80. The van der Waals surface area contributed by atoms with Crippen LogP contribution in [0.3, 0.4) is 0 Å². The second-order valence-corrected chi connectivity index (χ2v) is 7.20. The first-order valence-corrected chi connectivity index (χ1v) is 9.19. The van der Waals surface area contributed by atoms with Crippen molar-refractivity contribution in [1.29, 1.82) is 0 Å². The summed E-state index contributed by atoms with van der Waals surface area (Å²) in [6, 6.07) is 18.4. The van der Waals surface area contributed by atoms with Crippen molar-refractivity contribution in [3.8, 4) is 5.75 Å². The first kappa shape index (κ1) is 17.5. The summed E-state index contributed by atoms with van der Waals surface area (Å²) in [5.74, 6) is 0.266. The smallest absolute Gasteiger partial charge is 0.228 e. The fraction of sp³-hybridized carbons (Fsp3) is 0.150. The van der Waals surface area contributed by atoms with Crippen molar-refractivity contribution < 1.29 is 9.90 Å². The Labute approximate surface area is 156 Å². The van der Waals surface area contributed by atoms with Crippen LogP contribution in [0.15, 0.2) is 66.0 Å². The van der Waals surface area contributed by atoms with Crippen LogP contribution in [-0.4, -0.2) is 15.9 Å². The van der Waals surface area contributed by atoms with Gasteiger partial charge in [-0.1, -0.05) is 48.0 Å². The van der Waals surface area contributed by atoms with Gasteiger partial charge in [0.25, 0.3) is 0 Å². The lowest BCUT2D eigenvalue weighted by molar-refractivity contribution is -0.131. The molecule has 0 unspecified atom stereocenters. The van der Waals surface area contributed by atoms with Crippen LogP contribution in [0.5, 0.6) is 5.75 Å². The van der Waals surface area contributed by atoms with Crippen molar-refractivity contribution >= 4 is 28.8 Å². The van der Waals surface area contributed by atoms with Crippen LogP contribution in [0.2, 0.25) is 5.02 Å². The number of rotatable bonds is 6. The number of nitrogens with zero attached hydrogens (tertiary/aromatic N) is 1. The van der Waals surface area contributed by atoms with E-state index in [2.05, 4.69) is 0 Å². The molecule has 0 bridgehead atoms. The van der Waals surface area contributed by atoms with Gasteiger partial charge in [0.15, 0.2) is 0 Å². The minimum Gasteiger partial charge on any atom is -0.508 e. The summed E-state index contributed by atoms with van der Waals surface area (Å²) in [5, 5.41) is 12.1. The van der Waals surface area contributed by atoms with Crippen molar-refractivity contribution in [3.05, 3.63) is 87.1 Å². The monoisotopic (exact) mass is 371 g/mol. The van der Waals surface area contributed by atoms with Gasteiger partial charge in [0.2, 0.25) is 5.91 Å². The molecule has 5 heteroatoms. The molecule has 1 amide bonds. The summed E-state index contributed by atoms with van der Waals surface area (Å²) >= 11 is 7.85. The summed E-state index contributed by atoms with van der Waals surface area (Å²) in [6.07, 6.45) is 0.375. The van der Waals surface area contributed by atoms with Crippen molar-refractivity contribution in [2.24, 2.45) is 0 Å². The zero-order valence-corrected chi connectivity index (χ0v) is 15.1. The maximum absolute atomic E-state index is 12.8. The second kappa shape index (κ2) is 8.19. The number of hydrogen-bond donors (Lipinski definition) is 1. The molecule has 0 aliphatic carbocycles. The molecule has 1 heterocycles. The number of benzene rings is 2. The fourth-order valence-corrected chi connectivity index (χ4v) is 3.45. The Morgan fingerprint density at radius 3 is 2.44 bits per heavy atom. The van der Waals surface area contributed by atoms with Gasteiger partial charge in [-0.15, -0.1) is 11.3 Å². The number of thiophene rings is 1. The van der Waals surface area contributed by atoms with E-state index < -0.39 is 0 Å². The number of aromatic hydroxyl groups is 1. The number of phenols is 1. The van der Waals surface area contributed by atoms with Crippen LogP contribution in [0.1, 0.15) is 16.0 Å². The lowest BCUT2D eigenvalue weighted by Crippen LogP contribution is -2.31. The Morgan fingerprint density at radius 1 is 1.00 bits per heavy atom. The quantitative estimate of drug-likeness (QED) is 0.671. The average molecular weight is 372 g/mol. The lowest BCUT2D eigenvalue weighted by atomic mass is 10.1. The molecule has 0 saturated heterocycles. The Morgan fingerprint density at radius 2 is 1.76 bits per heavy atom. The molecule has 0 fully saturated rings. The van der Waals surface area contributed by atoms with Crippen molar-refractivity contribution in [2.45, 2.75) is 19.5 Å². The standard InChI is InChI=1S/C20H18ClNO2S/c21-19-6-2-1-4-16(19)14-22(13-15-7-9-17(23)10-8-15)20(24)12-18-5-3-11-25-18/h1-11,23H,12-14H2. The Hall–Kier alpha value is -2.30. The molecule has 0 saturated carbocycles. The molecule has 2 aromatic carbocycles. The van der Waals surface area contributed by atoms with Gasteiger partial charge in [-0.25, -0.2) is 0 Å². The summed E-state index contributed by atoms with van der Waals surface area (Å²) in [4.78, 5) is 15.7. The van der Waals surface area contributed by atoms with Crippen LogP contribution in [-0.2, 0) is 24.3 Å². The normalized spacial score (nSPS) is 10.6. The minimum atomic E-state index is 0.0513. The SMILES string of the molecule is O=C(Cc1cccs1)N(Cc1ccc(O)cc1)Cc1ccccc1Cl. The molecule has 0 aliphatic heterocycles. The van der Waals surface area contributed by atoms with E-state index in [1.807, 2.05) is 53.9 Å². The van der Waals surface area contributed by atoms with Gasteiger partial charge in [-0.05, 0) is 40.8 Å². The topological polar surface area (TPSA) is 40.5 Å². The first-order valence-electron chi connectivity index (χ1n) is 7.93. The third kappa shape index (κ3) is 4.84. The van der Waals surface area contributed by atoms with Crippen LogP contribution in [0.25, 0.3) is 0 Å². The molecule has 0 radical (unpaired) electrons. The van der Waals surface area contributed by atoms with Crippen LogP contribution in [0, 0.1) is 0 Å². The van der Waals surface area contributed by atoms with Gasteiger partial charge in [-0.3, -0.25) is 4.79 Å². The van der Waals surface area contributed by atoms with E-state index in [1.54, 1.807) is 28.4 Å². The minimum absolute atomic E-state index is 0.0513. The first-order chi connectivity index (χ1) is 12.1. The summed E-state index contributed by atoms with van der Waals surface area (Å²) in [7, 11) is 0. The van der Waals surface area contributed by atoms with E-state index in [0.29, 0.717) is 24.5 Å². The third-order valence-corrected chi connectivity index (χ3v) is 5.13. The predicted octanol–water partition coefficient (Wildman–Crippen LogP) is 4.88. The average Bonchev–Trinajstić information content (AvgIpc) is 3.11. The van der Waals surface area contributed by atoms with Crippen molar-refractivity contribution in [2.75, 3.05) is 0 Å². The van der Waals surface area contributed by atoms with E-state index >= 15 is 0 Å². The van der Waals surface area contributed by atoms with Crippen LogP contribution < -0.4 is 0 Å². The predicted molar refractivity (Wildman–Crippen MR) is 102 cm³/mol. The maximum atomic E-state index is 12.8. The number of amides is 1. The zero-order chi connectivity index (χ0) is 17.6.